The number of halogens is 4. The highest BCUT2D eigenvalue weighted by Crippen LogP contribution is 2.32. The molecule has 0 spiro atoms. The number of hydrogen-bond donors (Lipinski definition) is 2. The van der Waals surface area contributed by atoms with E-state index in [-0.39, 0.29) is 17.5 Å². The quantitative estimate of drug-likeness (QED) is 0.595. The Morgan fingerprint density at radius 1 is 1.13 bits per heavy atom. The van der Waals surface area contributed by atoms with Crippen molar-refractivity contribution >= 4 is 28.5 Å². The SMILES string of the molecule is Fc1c(Nc2nc(N3C[C@@H]4CC[C@H]3CN4)nc3cccnc23)ccc(OC(F)F)c1F. The zero-order valence-electron chi connectivity index (χ0n) is 16.2. The Morgan fingerprint density at radius 2 is 2.00 bits per heavy atom. The van der Waals surface area contributed by atoms with Crippen LogP contribution in [0.4, 0.5) is 35.0 Å². The molecular weight excluding hydrogens is 416 g/mol. The van der Waals surface area contributed by atoms with Crippen molar-refractivity contribution in [1.29, 1.82) is 0 Å². The van der Waals surface area contributed by atoms with Crippen molar-refractivity contribution < 1.29 is 22.3 Å². The van der Waals surface area contributed by atoms with Crippen molar-refractivity contribution in [3.63, 3.8) is 0 Å². The minimum Gasteiger partial charge on any atom is -0.432 e. The molecular formula is C20H18F4N6O. The van der Waals surface area contributed by atoms with Crippen molar-refractivity contribution in [2.45, 2.75) is 31.5 Å². The summed E-state index contributed by atoms with van der Waals surface area (Å²) in [6.07, 6.45) is 3.64. The summed E-state index contributed by atoms with van der Waals surface area (Å²) < 4.78 is 57.5. The minimum absolute atomic E-state index is 0.191. The number of hydrogen-bond acceptors (Lipinski definition) is 7. The third-order valence-corrected chi connectivity index (χ3v) is 5.56. The first kappa shape index (κ1) is 19.7. The first-order chi connectivity index (χ1) is 15.0. The Bertz CT molecular complexity index is 1120. The van der Waals surface area contributed by atoms with Gasteiger partial charge in [0.25, 0.3) is 0 Å². The van der Waals surface area contributed by atoms with Crippen molar-refractivity contribution in [2.24, 2.45) is 0 Å². The standard InChI is InChI=1S/C20H18F4N6O/c21-15-12(5-6-14(16(15)22)31-19(23)24)27-18-17-13(2-1-7-25-17)28-20(29-18)30-9-10-3-4-11(30)8-26-10/h1-2,5-7,10-11,19,26H,3-4,8-9H2,(H,27,28,29)/t10-,11-/m0/s1. The number of fused-ring (bicyclic) bond motifs is 4. The highest BCUT2D eigenvalue weighted by molar-refractivity contribution is 5.88. The topological polar surface area (TPSA) is 75.2 Å². The summed E-state index contributed by atoms with van der Waals surface area (Å²) in [5.74, 6) is -3.09. The van der Waals surface area contributed by atoms with Gasteiger partial charge in [0.1, 0.15) is 5.52 Å². The lowest BCUT2D eigenvalue weighted by Gasteiger charge is -2.45. The summed E-state index contributed by atoms with van der Waals surface area (Å²) in [6.45, 7) is -1.69. The summed E-state index contributed by atoms with van der Waals surface area (Å²) in [5.41, 5.74) is 0.639. The second-order valence-electron chi connectivity index (χ2n) is 7.47. The molecule has 31 heavy (non-hydrogen) atoms. The molecule has 0 aliphatic carbocycles. The van der Waals surface area contributed by atoms with E-state index in [9.17, 15) is 17.6 Å². The van der Waals surface area contributed by atoms with Gasteiger partial charge in [0.15, 0.2) is 17.4 Å². The molecule has 0 unspecified atom stereocenters. The van der Waals surface area contributed by atoms with Crippen LogP contribution in [-0.2, 0) is 0 Å². The first-order valence-corrected chi connectivity index (χ1v) is 9.82. The van der Waals surface area contributed by atoms with Crippen LogP contribution in [0.1, 0.15) is 12.8 Å². The Labute approximate surface area is 174 Å². The highest BCUT2D eigenvalue weighted by Gasteiger charge is 2.35. The molecule has 11 heteroatoms. The van der Waals surface area contributed by atoms with Crippen molar-refractivity contribution in [2.75, 3.05) is 23.3 Å². The van der Waals surface area contributed by atoms with Gasteiger partial charge in [-0.1, -0.05) is 0 Å². The van der Waals surface area contributed by atoms with Crippen LogP contribution in [0, 0.1) is 11.6 Å². The second-order valence-corrected chi connectivity index (χ2v) is 7.47. The molecule has 2 atom stereocenters. The van der Waals surface area contributed by atoms with Crippen LogP contribution in [0.5, 0.6) is 5.75 Å². The molecule has 3 saturated heterocycles. The van der Waals surface area contributed by atoms with Crippen LogP contribution in [0.3, 0.4) is 0 Å². The third kappa shape index (κ3) is 3.69. The molecule has 3 aliphatic rings. The molecule has 1 aromatic carbocycles. The van der Waals surface area contributed by atoms with Gasteiger partial charge in [-0.3, -0.25) is 4.98 Å². The number of pyridine rings is 1. The van der Waals surface area contributed by atoms with Gasteiger partial charge in [-0.2, -0.15) is 18.2 Å². The number of ether oxygens (including phenoxy) is 1. The fraction of sp³-hybridized carbons (Fsp3) is 0.350. The molecule has 0 radical (unpaired) electrons. The van der Waals surface area contributed by atoms with Gasteiger partial charge in [0, 0.05) is 31.4 Å². The number of piperazine rings is 1. The van der Waals surface area contributed by atoms with Gasteiger partial charge in [-0.25, -0.2) is 9.37 Å². The molecule has 2 N–H and O–H groups in total. The maximum Gasteiger partial charge on any atom is 0.387 e. The van der Waals surface area contributed by atoms with E-state index in [1.165, 1.54) is 0 Å². The molecule has 0 amide bonds. The normalized spacial score (nSPS) is 20.5. The van der Waals surface area contributed by atoms with Crippen LogP contribution < -0.4 is 20.3 Å². The van der Waals surface area contributed by atoms with Crippen molar-refractivity contribution in [3.8, 4) is 5.75 Å². The van der Waals surface area contributed by atoms with E-state index in [1.807, 2.05) is 0 Å². The van der Waals surface area contributed by atoms with Gasteiger partial charge in [-0.15, -0.1) is 0 Å². The number of anilines is 3. The lowest BCUT2D eigenvalue weighted by molar-refractivity contribution is -0.0525. The summed E-state index contributed by atoms with van der Waals surface area (Å²) >= 11 is 0. The monoisotopic (exact) mass is 434 g/mol. The fourth-order valence-corrected chi connectivity index (χ4v) is 4.07. The Balaban J connectivity index is 1.53. The number of alkyl halides is 2. The predicted octanol–water partition coefficient (Wildman–Crippen LogP) is 3.59. The zero-order chi connectivity index (χ0) is 21.5. The molecule has 162 valence electrons. The fourth-order valence-electron chi connectivity index (χ4n) is 4.07. The van der Waals surface area contributed by atoms with Gasteiger partial charge in [-0.05, 0) is 37.1 Å². The van der Waals surface area contributed by atoms with Crippen LogP contribution >= 0.6 is 0 Å². The average molecular weight is 434 g/mol. The number of piperidine rings is 2. The van der Waals surface area contributed by atoms with E-state index in [4.69, 9.17) is 0 Å². The van der Waals surface area contributed by atoms with E-state index in [0.29, 0.717) is 23.0 Å². The van der Waals surface area contributed by atoms with Gasteiger partial charge in [0.2, 0.25) is 11.8 Å². The van der Waals surface area contributed by atoms with E-state index in [2.05, 4.69) is 35.2 Å². The van der Waals surface area contributed by atoms with Crippen LogP contribution in [0.15, 0.2) is 30.5 Å². The molecule has 3 fully saturated rings. The largest absolute Gasteiger partial charge is 0.432 e. The van der Waals surface area contributed by atoms with Crippen molar-refractivity contribution in [3.05, 3.63) is 42.1 Å². The van der Waals surface area contributed by atoms with Crippen LogP contribution in [0.25, 0.3) is 11.0 Å². The summed E-state index contributed by atoms with van der Waals surface area (Å²) in [6, 6.07) is 6.12. The lowest BCUT2D eigenvalue weighted by atomic mass is 9.93. The predicted molar refractivity (Wildman–Crippen MR) is 106 cm³/mol. The Hall–Kier alpha value is -3.21. The molecule has 3 aliphatic heterocycles. The average Bonchev–Trinajstić information content (AvgIpc) is 2.79. The molecule has 2 bridgehead atoms. The smallest absolute Gasteiger partial charge is 0.387 e. The number of rotatable bonds is 5. The number of benzene rings is 1. The maximum absolute atomic E-state index is 14.5. The molecule has 7 nitrogen and oxygen atoms in total. The highest BCUT2D eigenvalue weighted by atomic mass is 19.3. The van der Waals surface area contributed by atoms with E-state index < -0.39 is 24.0 Å². The lowest BCUT2D eigenvalue weighted by Crippen LogP contribution is -2.61. The van der Waals surface area contributed by atoms with Gasteiger partial charge >= 0.3 is 6.61 Å². The number of nitrogens with zero attached hydrogens (tertiary/aromatic N) is 4. The van der Waals surface area contributed by atoms with E-state index >= 15 is 0 Å². The van der Waals surface area contributed by atoms with Crippen LogP contribution in [-0.4, -0.2) is 46.7 Å². The minimum atomic E-state index is -3.26. The summed E-state index contributed by atoms with van der Waals surface area (Å²) in [4.78, 5) is 15.5. The molecule has 6 rings (SSSR count). The Kier molecular flexibility index (Phi) is 4.97. The third-order valence-electron chi connectivity index (χ3n) is 5.56. The summed E-state index contributed by atoms with van der Waals surface area (Å²) in [7, 11) is 0. The molecule has 0 saturated carbocycles. The number of nitrogens with one attached hydrogen (secondary N) is 2. The first-order valence-electron chi connectivity index (χ1n) is 9.82. The summed E-state index contributed by atoms with van der Waals surface area (Å²) in [5, 5.41) is 6.21. The zero-order valence-corrected chi connectivity index (χ0v) is 16.2. The molecule has 5 heterocycles. The number of aromatic nitrogens is 3. The Morgan fingerprint density at radius 3 is 2.71 bits per heavy atom. The second kappa shape index (κ2) is 7.80. The molecule has 2 aromatic heterocycles. The van der Waals surface area contributed by atoms with Gasteiger partial charge in [0.05, 0.1) is 11.2 Å². The van der Waals surface area contributed by atoms with E-state index in [1.54, 1.807) is 18.3 Å². The van der Waals surface area contributed by atoms with Crippen molar-refractivity contribution in [1.82, 2.24) is 20.3 Å². The van der Waals surface area contributed by atoms with Crippen LogP contribution in [0.2, 0.25) is 0 Å². The molecule has 3 aromatic rings. The van der Waals surface area contributed by atoms with Gasteiger partial charge < -0.3 is 20.3 Å². The van der Waals surface area contributed by atoms with E-state index in [0.717, 1.165) is 38.1 Å². The maximum atomic E-state index is 14.5.